The fourth-order valence-corrected chi connectivity index (χ4v) is 4.54. The van der Waals surface area contributed by atoms with E-state index in [9.17, 15) is 9.59 Å². The molecule has 0 bridgehead atoms. The lowest BCUT2D eigenvalue weighted by atomic mass is 10.0. The molecule has 2 saturated heterocycles. The van der Waals surface area contributed by atoms with E-state index < -0.39 is 0 Å². The maximum atomic E-state index is 13.3. The Morgan fingerprint density at radius 1 is 1.16 bits per heavy atom. The minimum absolute atomic E-state index is 0.0837. The van der Waals surface area contributed by atoms with Gasteiger partial charge in [0.05, 0.1) is 6.54 Å². The van der Waals surface area contributed by atoms with Gasteiger partial charge in [0.1, 0.15) is 6.61 Å². The van der Waals surface area contributed by atoms with Crippen LogP contribution in [0.4, 0.5) is 21.0 Å². The van der Waals surface area contributed by atoms with Crippen LogP contribution in [0, 0.1) is 0 Å². The van der Waals surface area contributed by atoms with E-state index in [-0.39, 0.29) is 18.2 Å². The molecule has 2 heterocycles. The summed E-state index contributed by atoms with van der Waals surface area (Å²) in [5, 5.41) is 3.06. The second kappa shape index (κ2) is 10.5. The summed E-state index contributed by atoms with van der Waals surface area (Å²) in [7, 11) is 0. The van der Waals surface area contributed by atoms with Crippen molar-refractivity contribution >= 4 is 23.5 Å². The first-order valence-corrected chi connectivity index (χ1v) is 11.5. The Kier molecular flexibility index (Phi) is 7.27. The summed E-state index contributed by atoms with van der Waals surface area (Å²) in [5.41, 5.74) is 2.72. The Morgan fingerprint density at radius 3 is 2.75 bits per heavy atom. The average Bonchev–Trinajstić information content (AvgIpc) is 3.24. The van der Waals surface area contributed by atoms with Gasteiger partial charge in [-0.2, -0.15) is 0 Å². The van der Waals surface area contributed by atoms with Crippen molar-refractivity contribution in [2.75, 3.05) is 43.0 Å². The number of piperidine rings is 1. The van der Waals surface area contributed by atoms with Gasteiger partial charge in [-0.15, -0.1) is 0 Å². The van der Waals surface area contributed by atoms with Gasteiger partial charge >= 0.3 is 12.1 Å². The molecule has 2 fully saturated rings. The van der Waals surface area contributed by atoms with E-state index in [2.05, 4.69) is 41.4 Å². The first-order valence-electron chi connectivity index (χ1n) is 11.5. The molecule has 0 saturated carbocycles. The standard InChI is InChI=1S/C25H32N4O3/c1-2-13-28(23-12-7-14-27(19-23)18-20-8-4-3-5-9-20)24(30)26-21-10-6-11-22(17-21)29-15-16-32-25(29)31/h3-6,8-11,17,23H,2,7,12-16,18-19H2,1H3,(H,26,30). The predicted molar refractivity (Wildman–Crippen MR) is 126 cm³/mol. The summed E-state index contributed by atoms with van der Waals surface area (Å²) < 4.78 is 5.03. The van der Waals surface area contributed by atoms with Gasteiger partial charge in [0.15, 0.2) is 0 Å². The van der Waals surface area contributed by atoms with E-state index in [1.807, 2.05) is 35.2 Å². The van der Waals surface area contributed by atoms with Crippen LogP contribution in [0.1, 0.15) is 31.7 Å². The van der Waals surface area contributed by atoms with Crippen LogP contribution in [0.5, 0.6) is 0 Å². The molecule has 2 aliphatic heterocycles. The quantitative estimate of drug-likeness (QED) is 0.692. The highest BCUT2D eigenvalue weighted by Crippen LogP contribution is 2.24. The molecule has 32 heavy (non-hydrogen) atoms. The van der Waals surface area contributed by atoms with Crippen molar-refractivity contribution in [3.8, 4) is 0 Å². The van der Waals surface area contributed by atoms with Crippen LogP contribution in [-0.4, -0.2) is 60.8 Å². The van der Waals surface area contributed by atoms with Crippen molar-refractivity contribution in [3.63, 3.8) is 0 Å². The number of carbonyl (C=O) groups excluding carboxylic acids is 2. The lowest BCUT2D eigenvalue weighted by Crippen LogP contribution is -2.51. The summed E-state index contributed by atoms with van der Waals surface area (Å²) in [6.07, 6.45) is 2.65. The van der Waals surface area contributed by atoms with Crippen molar-refractivity contribution < 1.29 is 14.3 Å². The third-order valence-electron chi connectivity index (χ3n) is 6.07. The lowest BCUT2D eigenvalue weighted by molar-refractivity contribution is 0.113. The molecule has 0 radical (unpaired) electrons. The van der Waals surface area contributed by atoms with Crippen LogP contribution in [0.15, 0.2) is 54.6 Å². The third-order valence-corrected chi connectivity index (χ3v) is 6.07. The molecule has 2 aliphatic rings. The van der Waals surface area contributed by atoms with Crippen LogP contribution >= 0.6 is 0 Å². The van der Waals surface area contributed by atoms with Crippen molar-refractivity contribution in [2.45, 2.75) is 38.8 Å². The molecule has 7 heteroatoms. The number of carbonyl (C=O) groups is 2. The summed E-state index contributed by atoms with van der Waals surface area (Å²) in [5.74, 6) is 0. The van der Waals surface area contributed by atoms with Gasteiger partial charge in [-0.05, 0) is 49.6 Å². The SMILES string of the molecule is CCCN(C(=O)Nc1cccc(N2CCOC2=O)c1)C1CCCN(Cc2ccccc2)C1. The zero-order chi connectivity index (χ0) is 22.3. The van der Waals surface area contributed by atoms with Crippen LogP contribution in [0.3, 0.4) is 0 Å². The van der Waals surface area contributed by atoms with E-state index in [1.54, 1.807) is 4.90 Å². The Balaban J connectivity index is 1.41. The van der Waals surface area contributed by atoms with Crippen molar-refractivity contribution in [1.29, 1.82) is 0 Å². The second-order valence-electron chi connectivity index (χ2n) is 8.46. The van der Waals surface area contributed by atoms with Crippen LogP contribution in [-0.2, 0) is 11.3 Å². The van der Waals surface area contributed by atoms with Crippen LogP contribution in [0.2, 0.25) is 0 Å². The molecule has 2 aromatic rings. The monoisotopic (exact) mass is 436 g/mol. The Hall–Kier alpha value is -3.06. The second-order valence-corrected chi connectivity index (χ2v) is 8.46. The first kappa shape index (κ1) is 22.1. The van der Waals surface area contributed by atoms with E-state index in [0.29, 0.717) is 25.4 Å². The average molecular weight is 437 g/mol. The Bertz CT molecular complexity index is 920. The number of ether oxygens (including phenoxy) is 1. The molecule has 0 aliphatic carbocycles. The summed E-state index contributed by atoms with van der Waals surface area (Å²) in [6.45, 7) is 6.58. The van der Waals surface area contributed by atoms with Gasteiger partial charge in [0.2, 0.25) is 0 Å². The fourth-order valence-electron chi connectivity index (χ4n) is 4.54. The number of hydrogen-bond acceptors (Lipinski definition) is 4. The number of hydrogen-bond donors (Lipinski definition) is 1. The normalized spacial score (nSPS) is 19.0. The van der Waals surface area contributed by atoms with Gasteiger partial charge in [0, 0.05) is 37.1 Å². The third kappa shape index (κ3) is 5.40. The minimum Gasteiger partial charge on any atom is -0.447 e. The Morgan fingerprint density at radius 2 is 2.00 bits per heavy atom. The molecule has 4 rings (SSSR count). The molecule has 7 nitrogen and oxygen atoms in total. The molecule has 1 N–H and O–H groups in total. The first-order chi connectivity index (χ1) is 15.6. The molecule has 1 atom stereocenters. The summed E-state index contributed by atoms with van der Waals surface area (Å²) in [4.78, 5) is 31.1. The van der Waals surface area contributed by atoms with E-state index >= 15 is 0 Å². The zero-order valence-electron chi connectivity index (χ0n) is 18.7. The number of anilines is 2. The van der Waals surface area contributed by atoms with E-state index in [4.69, 9.17) is 4.74 Å². The largest absolute Gasteiger partial charge is 0.447 e. The lowest BCUT2D eigenvalue weighted by Gasteiger charge is -2.39. The fraction of sp³-hybridized carbons (Fsp3) is 0.440. The minimum atomic E-state index is -0.346. The van der Waals surface area contributed by atoms with Crippen molar-refractivity contribution in [3.05, 3.63) is 60.2 Å². The van der Waals surface area contributed by atoms with Gasteiger partial charge in [-0.3, -0.25) is 9.80 Å². The molecule has 1 unspecified atom stereocenters. The van der Waals surface area contributed by atoms with Gasteiger partial charge < -0.3 is 15.0 Å². The summed E-state index contributed by atoms with van der Waals surface area (Å²) >= 11 is 0. The number of benzene rings is 2. The van der Waals surface area contributed by atoms with Crippen LogP contribution < -0.4 is 10.2 Å². The van der Waals surface area contributed by atoms with Crippen LogP contribution in [0.25, 0.3) is 0 Å². The van der Waals surface area contributed by atoms with E-state index in [1.165, 1.54) is 5.56 Å². The molecule has 170 valence electrons. The molecule has 0 spiro atoms. The topological polar surface area (TPSA) is 65.1 Å². The Labute approximate surface area is 189 Å². The number of cyclic esters (lactones) is 1. The number of likely N-dealkylation sites (tertiary alicyclic amines) is 1. The molecule has 0 aromatic heterocycles. The number of nitrogens with zero attached hydrogens (tertiary/aromatic N) is 3. The molecule has 2 aromatic carbocycles. The highest BCUT2D eigenvalue weighted by molar-refractivity contribution is 5.93. The molecule has 3 amide bonds. The summed E-state index contributed by atoms with van der Waals surface area (Å²) in [6, 6.07) is 18.0. The van der Waals surface area contributed by atoms with Crippen molar-refractivity contribution in [1.82, 2.24) is 9.80 Å². The highest BCUT2D eigenvalue weighted by atomic mass is 16.6. The number of amides is 3. The van der Waals surface area contributed by atoms with E-state index in [0.717, 1.165) is 44.6 Å². The number of rotatable bonds is 7. The smallest absolute Gasteiger partial charge is 0.414 e. The maximum Gasteiger partial charge on any atom is 0.414 e. The maximum absolute atomic E-state index is 13.3. The molecular formula is C25H32N4O3. The van der Waals surface area contributed by atoms with Gasteiger partial charge in [0.25, 0.3) is 0 Å². The highest BCUT2D eigenvalue weighted by Gasteiger charge is 2.29. The zero-order valence-corrected chi connectivity index (χ0v) is 18.7. The van der Waals surface area contributed by atoms with Crippen molar-refractivity contribution in [2.24, 2.45) is 0 Å². The predicted octanol–water partition coefficient (Wildman–Crippen LogP) is 4.55. The van der Waals surface area contributed by atoms with Gasteiger partial charge in [-0.1, -0.05) is 43.3 Å². The number of nitrogens with one attached hydrogen (secondary N) is 1. The number of urea groups is 1. The van der Waals surface area contributed by atoms with Gasteiger partial charge in [-0.25, -0.2) is 9.59 Å². The molecular weight excluding hydrogens is 404 g/mol.